The number of carboxylic acid groups (broad SMARTS) is 1. The molecule has 3 N–H and O–H groups in total. The van der Waals surface area contributed by atoms with Gasteiger partial charge in [-0.1, -0.05) is 67.6 Å². The smallest absolute Gasteiger partial charge is 0.326 e. The van der Waals surface area contributed by atoms with E-state index in [4.69, 9.17) is 0 Å². The van der Waals surface area contributed by atoms with Crippen molar-refractivity contribution in [1.82, 2.24) is 10.3 Å². The van der Waals surface area contributed by atoms with E-state index >= 15 is 0 Å². The molecule has 3 atom stereocenters. The van der Waals surface area contributed by atoms with Gasteiger partial charge in [-0.15, -0.1) is 0 Å². The van der Waals surface area contributed by atoms with Crippen molar-refractivity contribution in [3.63, 3.8) is 0 Å². The highest BCUT2D eigenvalue weighted by Gasteiger charge is 2.30. The number of aliphatic carboxylic acids is 1. The molecule has 4 aromatic rings. The number of benzene rings is 3. The van der Waals surface area contributed by atoms with Crippen molar-refractivity contribution in [2.45, 2.75) is 25.3 Å². The Morgan fingerprint density at radius 1 is 1.00 bits per heavy atom. The minimum Gasteiger partial charge on any atom is -0.480 e. The van der Waals surface area contributed by atoms with Crippen LogP contribution in [0.25, 0.3) is 21.7 Å². The molecule has 1 amide bonds. The van der Waals surface area contributed by atoms with Gasteiger partial charge in [0, 0.05) is 29.3 Å². The minimum atomic E-state index is -1.06. The van der Waals surface area contributed by atoms with E-state index in [0.717, 1.165) is 32.8 Å². The zero-order chi connectivity index (χ0) is 22.7. The van der Waals surface area contributed by atoms with Crippen LogP contribution in [0.3, 0.4) is 0 Å². The fourth-order valence-corrected chi connectivity index (χ4v) is 4.81. The van der Waals surface area contributed by atoms with Crippen molar-refractivity contribution < 1.29 is 14.7 Å². The second-order valence-electron chi connectivity index (χ2n) is 8.11. The average molecular weight is 447 g/mol. The summed E-state index contributed by atoms with van der Waals surface area (Å²) in [6.45, 7) is 2.00. The van der Waals surface area contributed by atoms with E-state index in [1.807, 2.05) is 79.9 Å². The maximum atomic E-state index is 13.2. The van der Waals surface area contributed by atoms with Crippen molar-refractivity contribution in [3.05, 3.63) is 84.1 Å². The van der Waals surface area contributed by atoms with Crippen molar-refractivity contribution in [2.75, 3.05) is 5.75 Å². The highest BCUT2D eigenvalue weighted by molar-refractivity contribution is 7.80. The molecule has 0 aliphatic rings. The van der Waals surface area contributed by atoms with Crippen LogP contribution in [0.4, 0.5) is 0 Å². The molecule has 0 radical (unpaired) electrons. The fraction of sp³-hybridized carbons (Fsp3) is 0.231. The van der Waals surface area contributed by atoms with Crippen LogP contribution >= 0.6 is 12.6 Å². The highest BCUT2D eigenvalue weighted by atomic mass is 32.1. The number of carbonyl (C=O) groups excluding carboxylic acids is 1. The Balaban J connectivity index is 1.56. The second kappa shape index (κ2) is 9.49. The van der Waals surface area contributed by atoms with Gasteiger partial charge >= 0.3 is 5.97 Å². The largest absolute Gasteiger partial charge is 0.480 e. The van der Waals surface area contributed by atoms with Crippen LogP contribution in [-0.4, -0.2) is 33.8 Å². The van der Waals surface area contributed by atoms with Gasteiger partial charge < -0.3 is 15.4 Å². The summed E-state index contributed by atoms with van der Waals surface area (Å²) in [4.78, 5) is 28.3. The Hall–Kier alpha value is -3.25. The molecule has 0 saturated heterocycles. The minimum absolute atomic E-state index is 0.124. The van der Waals surface area contributed by atoms with Gasteiger partial charge in [0.15, 0.2) is 0 Å². The maximum absolute atomic E-state index is 13.2. The van der Waals surface area contributed by atoms with Gasteiger partial charge in [-0.05, 0) is 33.9 Å². The molecular formula is C26H26N2O3S. The fourth-order valence-electron chi connectivity index (χ4n) is 4.33. The van der Waals surface area contributed by atoms with E-state index in [0.29, 0.717) is 5.75 Å². The average Bonchev–Trinajstić information content (AvgIpc) is 3.21. The molecule has 0 saturated carbocycles. The lowest BCUT2D eigenvalue weighted by molar-refractivity contribution is -0.142. The van der Waals surface area contributed by atoms with E-state index < -0.39 is 17.9 Å². The third kappa shape index (κ3) is 4.36. The Bertz CT molecular complexity index is 1260. The Kier molecular flexibility index (Phi) is 6.51. The van der Waals surface area contributed by atoms with E-state index in [1.54, 1.807) is 0 Å². The number of carboxylic acids is 1. The number of amides is 1. The summed E-state index contributed by atoms with van der Waals surface area (Å²) in [5.74, 6) is -1.63. The summed E-state index contributed by atoms with van der Waals surface area (Å²) in [6, 6.07) is 20.8. The van der Waals surface area contributed by atoms with E-state index in [1.165, 1.54) is 0 Å². The van der Waals surface area contributed by atoms with Gasteiger partial charge in [0.05, 0.1) is 5.92 Å². The monoisotopic (exact) mass is 446 g/mol. The molecule has 0 spiro atoms. The summed E-state index contributed by atoms with van der Waals surface area (Å²) in [6.07, 6.45) is 2.01. The molecular weight excluding hydrogens is 420 g/mol. The van der Waals surface area contributed by atoms with Crippen LogP contribution in [0.5, 0.6) is 0 Å². The number of aromatic nitrogens is 1. The first-order valence-corrected chi connectivity index (χ1v) is 11.3. The first-order valence-electron chi connectivity index (χ1n) is 10.7. The SMILES string of the molecule is CC(c1cccc2ccccc12)[C@H](CS)C(=O)N[C@@H](Cc1c[nH]c2ccccc12)C(=O)O. The number of aromatic amines is 1. The van der Waals surface area contributed by atoms with Crippen molar-refractivity contribution in [3.8, 4) is 0 Å². The summed E-state index contributed by atoms with van der Waals surface area (Å²) < 4.78 is 0. The maximum Gasteiger partial charge on any atom is 0.326 e. The van der Waals surface area contributed by atoms with Crippen molar-refractivity contribution in [1.29, 1.82) is 0 Å². The van der Waals surface area contributed by atoms with Gasteiger partial charge in [0.1, 0.15) is 6.04 Å². The lowest BCUT2D eigenvalue weighted by Crippen LogP contribution is -2.46. The molecule has 164 valence electrons. The molecule has 1 heterocycles. The molecule has 3 aromatic carbocycles. The molecule has 0 fully saturated rings. The number of fused-ring (bicyclic) bond motifs is 2. The van der Waals surface area contributed by atoms with E-state index in [9.17, 15) is 14.7 Å². The molecule has 32 heavy (non-hydrogen) atoms. The van der Waals surface area contributed by atoms with Crippen LogP contribution < -0.4 is 5.32 Å². The standard InChI is InChI=1S/C26H26N2O3S/c1-16(19-11-6-8-17-7-2-3-9-20(17)19)22(15-32)25(29)28-24(26(30)31)13-18-14-27-23-12-5-4-10-21(18)23/h2-12,14,16,22,24,27,32H,13,15H2,1H3,(H,28,29)(H,30,31)/t16?,22-,24-/m0/s1. The number of nitrogens with one attached hydrogen (secondary N) is 2. The van der Waals surface area contributed by atoms with Crippen LogP contribution in [0.2, 0.25) is 0 Å². The zero-order valence-corrected chi connectivity index (χ0v) is 18.7. The normalized spacial score (nSPS) is 14.2. The Morgan fingerprint density at radius 3 is 2.44 bits per heavy atom. The number of carbonyl (C=O) groups is 2. The number of hydrogen-bond acceptors (Lipinski definition) is 3. The molecule has 1 unspecified atom stereocenters. The third-order valence-electron chi connectivity index (χ3n) is 6.16. The Labute approximate surface area is 192 Å². The topological polar surface area (TPSA) is 82.2 Å². The predicted octanol–water partition coefficient (Wildman–Crippen LogP) is 4.78. The molecule has 0 bridgehead atoms. The molecule has 0 aliphatic heterocycles. The highest BCUT2D eigenvalue weighted by Crippen LogP contribution is 2.31. The first kappa shape index (κ1) is 22.0. The second-order valence-corrected chi connectivity index (χ2v) is 8.47. The lowest BCUT2D eigenvalue weighted by atomic mass is 9.85. The molecule has 5 nitrogen and oxygen atoms in total. The van der Waals surface area contributed by atoms with E-state index in [-0.39, 0.29) is 18.2 Å². The van der Waals surface area contributed by atoms with E-state index in [2.05, 4.69) is 22.9 Å². The Morgan fingerprint density at radius 2 is 1.69 bits per heavy atom. The number of H-pyrrole nitrogens is 1. The third-order valence-corrected chi connectivity index (χ3v) is 6.56. The van der Waals surface area contributed by atoms with Crippen molar-refractivity contribution >= 4 is 46.2 Å². The van der Waals surface area contributed by atoms with Gasteiger partial charge in [-0.2, -0.15) is 12.6 Å². The summed E-state index contributed by atoms with van der Waals surface area (Å²) >= 11 is 4.44. The molecule has 1 aromatic heterocycles. The summed E-state index contributed by atoms with van der Waals surface area (Å²) in [7, 11) is 0. The number of hydrogen-bond donors (Lipinski definition) is 4. The van der Waals surface area contributed by atoms with Gasteiger partial charge in [-0.3, -0.25) is 4.79 Å². The number of rotatable bonds is 8. The number of para-hydroxylation sites is 1. The zero-order valence-electron chi connectivity index (χ0n) is 17.8. The van der Waals surface area contributed by atoms with Crippen molar-refractivity contribution in [2.24, 2.45) is 5.92 Å². The molecule has 0 aliphatic carbocycles. The lowest BCUT2D eigenvalue weighted by Gasteiger charge is -2.25. The summed E-state index contributed by atoms with van der Waals surface area (Å²) in [5, 5.41) is 15.7. The van der Waals surface area contributed by atoms with Gasteiger partial charge in [0.25, 0.3) is 0 Å². The van der Waals surface area contributed by atoms with Crippen LogP contribution in [0.15, 0.2) is 72.9 Å². The van der Waals surface area contributed by atoms with Crippen LogP contribution in [0.1, 0.15) is 24.0 Å². The molecule has 6 heteroatoms. The first-order chi connectivity index (χ1) is 15.5. The molecule has 4 rings (SSSR count). The van der Waals surface area contributed by atoms with Gasteiger partial charge in [-0.25, -0.2) is 4.79 Å². The van der Waals surface area contributed by atoms with Crippen LogP contribution in [-0.2, 0) is 16.0 Å². The van der Waals surface area contributed by atoms with Crippen LogP contribution in [0, 0.1) is 5.92 Å². The van der Waals surface area contributed by atoms with Gasteiger partial charge in [0.2, 0.25) is 5.91 Å². The quantitative estimate of drug-likeness (QED) is 0.294. The number of thiol groups is 1. The summed E-state index contributed by atoms with van der Waals surface area (Å²) in [5.41, 5.74) is 2.86. The predicted molar refractivity (Wildman–Crippen MR) is 131 cm³/mol.